The lowest BCUT2D eigenvalue weighted by Crippen LogP contribution is -2.16. The topological polar surface area (TPSA) is 3.24 Å². The molecule has 0 fully saturated rings. The lowest BCUT2D eigenvalue weighted by molar-refractivity contribution is 0.660. The molecule has 0 unspecified atom stereocenters. The molecule has 11 rings (SSSR count). The van der Waals surface area contributed by atoms with Crippen LogP contribution in [0.2, 0.25) is 0 Å². The van der Waals surface area contributed by atoms with E-state index in [4.69, 9.17) is 0 Å². The van der Waals surface area contributed by atoms with E-state index in [-0.39, 0.29) is 10.8 Å². The fourth-order valence-electron chi connectivity index (χ4n) is 9.84. The van der Waals surface area contributed by atoms with Crippen LogP contribution in [0.15, 0.2) is 176 Å². The van der Waals surface area contributed by atoms with Crippen LogP contribution in [0, 0.1) is 0 Å². The van der Waals surface area contributed by atoms with Gasteiger partial charge in [0.1, 0.15) is 0 Å². The molecule has 0 amide bonds. The van der Waals surface area contributed by atoms with Crippen molar-refractivity contribution in [1.82, 2.24) is 0 Å². The summed E-state index contributed by atoms with van der Waals surface area (Å²) in [6.45, 7) is 9.46. The van der Waals surface area contributed by atoms with Crippen LogP contribution in [0.5, 0.6) is 0 Å². The highest BCUT2D eigenvalue weighted by atomic mass is 32.1. The molecule has 268 valence electrons. The molecule has 0 saturated heterocycles. The smallest absolute Gasteiger partial charge is 0.0543 e. The first kappa shape index (κ1) is 33.1. The Morgan fingerprint density at radius 1 is 0.393 bits per heavy atom. The van der Waals surface area contributed by atoms with E-state index in [1.807, 2.05) is 11.3 Å². The van der Waals surface area contributed by atoms with Gasteiger partial charge < -0.3 is 4.90 Å². The largest absolute Gasteiger partial charge is 0.310 e. The highest BCUT2D eigenvalue weighted by Gasteiger charge is 2.38. The van der Waals surface area contributed by atoms with Crippen molar-refractivity contribution in [2.75, 3.05) is 4.90 Å². The zero-order valence-electron chi connectivity index (χ0n) is 32.1. The SMILES string of the molecule is CC1(C)c2ccccc2-c2ccc(-c3cccc(N(c4cccc(-c5cccc6c5sc5ccccc56)c4)c4cccc5c4-c4ccccc4C5(C)C)c3)cc21. The van der Waals surface area contributed by atoms with Crippen LogP contribution in [0.3, 0.4) is 0 Å². The summed E-state index contributed by atoms with van der Waals surface area (Å²) in [6, 6.07) is 65.8. The van der Waals surface area contributed by atoms with Crippen molar-refractivity contribution in [2.45, 2.75) is 38.5 Å². The number of rotatable bonds is 5. The number of hydrogen-bond donors (Lipinski definition) is 0. The minimum absolute atomic E-state index is 0.0614. The van der Waals surface area contributed by atoms with Gasteiger partial charge in [-0.25, -0.2) is 0 Å². The van der Waals surface area contributed by atoms with Gasteiger partial charge in [0.2, 0.25) is 0 Å². The predicted molar refractivity (Wildman–Crippen MR) is 240 cm³/mol. The van der Waals surface area contributed by atoms with E-state index in [0.717, 1.165) is 11.4 Å². The van der Waals surface area contributed by atoms with Crippen LogP contribution in [0.1, 0.15) is 49.9 Å². The highest BCUT2D eigenvalue weighted by Crippen LogP contribution is 2.55. The van der Waals surface area contributed by atoms with Crippen molar-refractivity contribution in [3.8, 4) is 44.5 Å². The Bertz CT molecular complexity index is 3050. The standard InChI is InChI=1S/C54H41NS/c1-53(2)46-25-9-6-21-44(46)51-47(53)26-14-27-49(51)55(38-18-12-16-36(32-38)39-22-13-23-43-42-20-7-10-28-50(42)56-52(39)43)37-17-11-15-34(31-37)35-29-30-41-40-19-5-8-24-45(40)54(3,4)48(41)33-35/h5-33H,1-4H3. The average Bonchev–Trinajstić information content (AvgIpc) is 3.81. The lowest BCUT2D eigenvalue weighted by Gasteiger charge is -2.29. The maximum Gasteiger partial charge on any atom is 0.0543 e. The predicted octanol–water partition coefficient (Wildman–Crippen LogP) is 15.5. The molecule has 0 N–H and O–H groups in total. The molecular weight excluding hydrogens is 695 g/mol. The molecule has 1 heterocycles. The molecule has 1 nitrogen and oxygen atoms in total. The normalized spacial score (nSPS) is 14.4. The van der Waals surface area contributed by atoms with E-state index in [2.05, 4.69) is 209 Å². The number of thiophene rings is 1. The summed E-state index contributed by atoms with van der Waals surface area (Å²) in [5.41, 5.74) is 19.1. The van der Waals surface area contributed by atoms with E-state index in [1.54, 1.807) is 0 Å². The van der Waals surface area contributed by atoms with Crippen molar-refractivity contribution in [3.05, 3.63) is 198 Å². The fourth-order valence-corrected chi connectivity index (χ4v) is 11.1. The van der Waals surface area contributed by atoms with Gasteiger partial charge in [-0.1, -0.05) is 161 Å². The van der Waals surface area contributed by atoms with Gasteiger partial charge in [0.15, 0.2) is 0 Å². The summed E-state index contributed by atoms with van der Waals surface area (Å²) >= 11 is 1.89. The van der Waals surface area contributed by atoms with Crippen molar-refractivity contribution in [2.24, 2.45) is 0 Å². The van der Waals surface area contributed by atoms with Crippen LogP contribution >= 0.6 is 11.3 Å². The second-order valence-corrected chi connectivity index (χ2v) is 17.6. The molecule has 9 aromatic rings. The number of benzene rings is 8. The van der Waals surface area contributed by atoms with Gasteiger partial charge in [-0.2, -0.15) is 0 Å². The Kier molecular flexibility index (Phi) is 7.18. The van der Waals surface area contributed by atoms with Crippen LogP contribution in [-0.4, -0.2) is 0 Å². The third-order valence-corrected chi connectivity index (χ3v) is 13.9. The lowest BCUT2D eigenvalue weighted by atomic mass is 9.81. The van der Waals surface area contributed by atoms with E-state index < -0.39 is 0 Å². The first-order valence-electron chi connectivity index (χ1n) is 19.7. The van der Waals surface area contributed by atoms with E-state index in [0.29, 0.717) is 0 Å². The quantitative estimate of drug-likeness (QED) is 0.170. The number of fused-ring (bicyclic) bond motifs is 9. The Labute approximate surface area is 333 Å². The van der Waals surface area contributed by atoms with Gasteiger partial charge in [0.05, 0.1) is 5.69 Å². The van der Waals surface area contributed by atoms with Crippen LogP contribution in [0.25, 0.3) is 64.7 Å². The summed E-state index contributed by atoms with van der Waals surface area (Å²) in [5.74, 6) is 0. The first-order chi connectivity index (χ1) is 27.3. The van der Waals surface area contributed by atoms with E-state index >= 15 is 0 Å². The maximum atomic E-state index is 2.50. The van der Waals surface area contributed by atoms with Crippen molar-refractivity contribution in [1.29, 1.82) is 0 Å². The fraction of sp³-hybridized carbons (Fsp3) is 0.111. The van der Waals surface area contributed by atoms with Crippen molar-refractivity contribution in [3.63, 3.8) is 0 Å². The Morgan fingerprint density at radius 2 is 0.946 bits per heavy atom. The van der Waals surface area contributed by atoms with E-state index in [9.17, 15) is 0 Å². The third-order valence-electron chi connectivity index (χ3n) is 12.7. The number of nitrogens with zero attached hydrogens (tertiary/aromatic N) is 1. The molecule has 0 spiro atoms. The molecule has 2 aliphatic carbocycles. The average molecular weight is 736 g/mol. The second-order valence-electron chi connectivity index (χ2n) is 16.5. The molecule has 0 bridgehead atoms. The van der Waals surface area contributed by atoms with Gasteiger partial charge in [-0.15, -0.1) is 11.3 Å². The zero-order chi connectivity index (χ0) is 37.8. The summed E-state index contributed by atoms with van der Waals surface area (Å²) in [7, 11) is 0. The first-order valence-corrected chi connectivity index (χ1v) is 20.5. The van der Waals surface area contributed by atoms with Crippen molar-refractivity contribution < 1.29 is 0 Å². The van der Waals surface area contributed by atoms with Crippen LogP contribution < -0.4 is 4.90 Å². The highest BCUT2D eigenvalue weighted by molar-refractivity contribution is 7.26. The molecule has 56 heavy (non-hydrogen) atoms. The molecule has 0 aliphatic heterocycles. The molecule has 0 saturated carbocycles. The molecule has 2 heteroatoms. The van der Waals surface area contributed by atoms with Gasteiger partial charge in [-0.05, 0) is 104 Å². The molecule has 2 aliphatic rings. The second kappa shape index (κ2) is 12.1. The Balaban J connectivity index is 1.11. The molecular formula is C54H41NS. The summed E-state index contributed by atoms with van der Waals surface area (Å²) in [6.07, 6.45) is 0. The zero-order valence-corrected chi connectivity index (χ0v) is 32.9. The molecule has 8 aromatic carbocycles. The van der Waals surface area contributed by atoms with Crippen LogP contribution in [-0.2, 0) is 10.8 Å². The molecule has 0 atom stereocenters. The van der Waals surface area contributed by atoms with Gasteiger partial charge >= 0.3 is 0 Å². The monoisotopic (exact) mass is 735 g/mol. The van der Waals surface area contributed by atoms with Gasteiger partial charge in [0.25, 0.3) is 0 Å². The minimum atomic E-state index is -0.108. The summed E-state index contributed by atoms with van der Waals surface area (Å²) in [4.78, 5) is 2.50. The third kappa shape index (κ3) is 4.79. The summed E-state index contributed by atoms with van der Waals surface area (Å²) in [5, 5.41) is 2.64. The number of hydrogen-bond acceptors (Lipinski definition) is 2. The Morgan fingerprint density at radius 3 is 1.77 bits per heavy atom. The minimum Gasteiger partial charge on any atom is -0.310 e. The number of anilines is 3. The molecule has 0 radical (unpaired) electrons. The Hall–Kier alpha value is -6.22. The maximum absolute atomic E-state index is 2.50. The molecule has 1 aromatic heterocycles. The van der Waals surface area contributed by atoms with Crippen LogP contribution in [0.4, 0.5) is 17.1 Å². The van der Waals surface area contributed by atoms with Crippen molar-refractivity contribution >= 4 is 48.6 Å². The van der Waals surface area contributed by atoms with E-state index in [1.165, 1.54) is 92.6 Å². The van der Waals surface area contributed by atoms with Gasteiger partial charge in [-0.3, -0.25) is 0 Å². The van der Waals surface area contributed by atoms with Gasteiger partial charge in [0, 0.05) is 47.9 Å². The summed E-state index contributed by atoms with van der Waals surface area (Å²) < 4.78 is 2.65.